The van der Waals surface area contributed by atoms with E-state index in [0.29, 0.717) is 0 Å². The largest absolute Gasteiger partial charge is 0.242 e. The third kappa shape index (κ3) is 7.15. The molecule has 2 aromatic carbocycles. The topological polar surface area (TPSA) is 12.4 Å². The van der Waals surface area contributed by atoms with E-state index < -0.39 is 0 Å². The van der Waals surface area contributed by atoms with Crippen LogP contribution in [0.3, 0.4) is 0 Å². The van der Waals surface area contributed by atoms with Crippen LogP contribution in [0.2, 0.25) is 0 Å². The van der Waals surface area contributed by atoms with Crippen LogP contribution in [-0.2, 0) is 0 Å². The monoisotopic (exact) mass is 403 g/mol. The third-order valence-electron chi connectivity index (χ3n) is 4.49. The quantitative estimate of drug-likeness (QED) is 0.279. The van der Waals surface area contributed by atoms with E-state index in [-0.39, 0.29) is 11.6 Å². The summed E-state index contributed by atoms with van der Waals surface area (Å²) >= 11 is 3.29. The Morgan fingerprint density at radius 1 is 0.926 bits per heavy atom. The first-order chi connectivity index (χ1) is 13.2. The SMILES string of the molecule is Fc1ccc(N=C(C=CSc2ccc(F)cc2)SCC2CCCCC2)cc1. The molecular formula is C22H23F2NS2. The van der Waals surface area contributed by atoms with Crippen molar-refractivity contribution in [2.24, 2.45) is 10.9 Å². The number of thioether (sulfide) groups is 2. The van der Waals surface area contributed by atoms with Crippen LogP contribution in [0.1, 0.15) is 32.1 Å². The summed E-state index contributed by atoms with van der Waals surface area (Å²) in [6.45, 7) is 0. The second-order valence-corrected chi connectivity index (χ2v) is 8.64. The minimum atomic E-state index is -0.257. The molecule has 0 unspecified atom stereocenters. The molecule has 1 nitrogen and oxygen atoms in total. The van der Waals surface area contributed by atoms with Crippen molar-refractivity contribution in [1.82, 2.24) is 0 Å². The zero-order chi connectivity index (χ0) is 18.9. The van der Waals surface area contributed by atoms with Gasteiger partial charge in [-0.25, -0.2) is 13.8 Å². The van der Waals surface area contributed by atoms with Gasteiger partial charge in [-0.3, -0.25) is 0 Å². The second kappa shape index (κ2) is 10.7. The van der Waals surface area contributed by atoms with Crippen molar-refractivity contribution < 1.29 is 8.78 Å². The van der Waals surface area contributed by atoms with E-state index in [1.54, 1.807) is 36.0 Å². The Hall–Kier alpha value is -1.59. The highest BCUT2D eigenvalue weighted by molar-refractivity contribution is 8.14. The molecule has 0 atom stereocenters. The van der Waals surface area contributed by atoms with Crippen LogP contribution in [0.15, 0.2) is 69.9 Å². The average molecular weight is 404 g/mol. The highest BCUT2D eigenvalue weighted by Gasteiger charge is 2.14. The number of hydrogen-bond acceptors (Lipinski definition) is 3. The number of aliphatic imine (C=N–C) groups is 1. The number of hydrogen-bond donors (Lipinski definition) is 0. The van der Waals surface area contributed by atoms with Gasteiger partial charge in [0.15, 0.2) is 0 Å². The minimum Gasteiger partial charge on any atom is -0.242 e. The molecule has 0 amide bonds. The zero-order valence-corrected chi connectivity index (χ0v) is 16.7. The molecule has 1 fully saturated rings. The van der Waals surface area contributed by atoms with Gasteiger partial charge in [-0.1, -0.05) is 31.0 Å². The molecular weight excluding hydrogens is 380 g/mol. The first-order valence-electron chi connectivity index (χ1n) is 9.25. The van der Waals surface area contributed by atoms with Crippen LogP contribution in [0.5, 0.6) is 0 Å². The summed E-state index contributed by atoms with van der Waals surface area (Å²) < 4.78 is 26.1. The van der Waals surface area contributed by atoms with Gasteiger partial charge in [0.1, 0.15) is 11.6 Å². The van der Waals surface area contributed by atoms with Crippen molar-refractivity contribution in [3.8, 4) is 0 Å². The summed E-state index contributed by atoms with van der Waals surface area (Å²) in [5.41, 5.74) is 0.749. The van der Waals surface area contributed by atoms with Crippen LogP contribution in [0.25, 0.3) is 0 Å². The molecule has 0 saturated heterocycles. The normalized spacial score (nSPS) is 16.1. The fourth-order valence-corrected chi connectivity index (χ4v) is 4.81. The third-order valence-corrected chi connectivity index (χ3v) is 6.46. The molecule has 3 rings (SSSR count). The van der Waals surface area contributed by atoms with E-state index in [4.69, 9.17) is 0 Å². The molecule has 5 heteroatoms. The maximum absolute atomic E-state index is 13.1. The minimum absolute atomic E-state index is 0.232. The molecule has 0 spiro atoms. The molecule has 142 valence electrons. The standard InChI is InChI=1S/C22H23F2NS2/c23-18-6-10-20(11-7-18)25-22(27-16-17-4-2-1-3-5-17)14-15-26-21-12-8-19(24)9-13-21/h6-15,17H,1-5,16H2. The van der Waals surface area contributed by atoms with Gasteiger partial charge in [0, 0.05) is 10.6 Å². The Balaban J connectivity index is 1.66. The number of rotatable bonds is 6. The molecule has 1 aliphatic rings. The summed E-state index contributed by atoms with van der Waals surface area (Å²) in [4.78, 5) is 5.66. The smallest absolute Gasteiger partial charge is 0.123 e. The van der Waals surface area contributed by atoms with Gasteiger partial charge in [0.25, 0.3) is 0 Å². The van der Waals surface area contributed by atoms with Crippen LogP contribution < -0.4 is 0 Å². The predicted molar refractivity (Wildman–Crippen MR) is 114 cm³/mol. The van der Waals surface area contributed by atoms with E-state index in [1.165, 1.54) is 68.1 Å². The highest BCUT2D eigenvalue weighted by Crippen LogP contribution is 2.29. The van der Waals surface area contributed by atoms with Gasteiger partial charge in [-0.15, -0.1) is 11.8 Å². The number of halogens is 2. The molecule has 27 heavy (non-hydrogen) atoms. The van der Waals surface area contributed by atoms with Gasteiger partial charge in [0.05, 0.1) is 10.7 Å². The highest BCUT2D eigenvalue weighted by atomic mass is 32.2. The summed E-state index contributed by atoms with van der Waals surface area (Å²) in [6.07, 6.45) is 8.59. The Labute approximate surface area is 168 Å². The van der Waals surface area contributed by atoms with Crippen molar-refractivity contribution in [3.05, 3.63) is 71.6 Å². The van der Waals surface area contributed by atoms with Crippen molar-refractivity contribution in [3.63, 3.8) is 0 Å². The van der Waals surface area contributed by atoms with Gasteiger partial charge < -0.3 is 0 Å². The molecule has 0 radical (unpaired) electrons. The van der Waals surface area contributed by atoms with Gasteiger partial charge in [-0.05, 0) is 78.8 Å². The number of nitrogens with zero attached hydrogens (tertiary/aromatic N) is 1. The van der Waals surface area contributed by atoms with Gasteiger partial charge >= 0.3 is 0 Å². The summed E-state index contributed by atoms with van der Waals surface area (Å²) in [6, 6.07) is 12.7. The average Bonchev–Trinajstić information content (AvgIpc) is 2.70. The van der Waals surface area contributed by atoms with Crippen molar-refractivity contribution >= 4 is 34.3 Å². The summed E-state index contributed by atoms with van der Waals surface area (Å²) in [7, 11) is 0. The lowest BCUT2D eigenvalue weighted by Crippen LogP contribution is -2.09. The lowest BCUT2D eigenvalue weighted by Gasteiger charge is -2.20. The van der Waals surface area contributed by atoms with E-state index in [0.717, 1.165) is 27.3 Å². The maximum atomic E-state index is 13.1. The first-order valence-corrected chi connectivity index (χ1v) is 11.1. The van der Waals surface area contributed by atoms with Crippen molar-refractivity contribution in [1.29, 1.82) is 0 Å². The van der Waals surface area contributed by atoms with Crippen molar-refractivity contribution in [2.75, 3.05) is 5.75 Å². The van der Waals surface area contributed by atoms with Crippen LogP contribution in [-0.4, -0.2) is 10.8 Å². The number of benzene rings is 2. The zero-order valence-electron chi connectivity index (χ0n) is 15.1. The first kappa shape index (κ1) is 20.2. The molecule has 0 heterocycles. The van der Waals surface area contributed by atoms with Gasteiger partial charge in [-0.2, -0.15) is 0 Å². The summed E-state index contributed by atoms with van der Waals surface area (Å²) in [5, 5.41) is 2.89. The van der Waals surface area contributed by atoms with Crippen molar-refractivity contribution in [2.45, 2.75) is 37.0 Å². The lowest BCUT2D eigenvalue weighted by molar-refractivity contribution is 0.391. The Kier molecular flexibility index (Phi) is 7.96. The van der Waals surface area contributed by atoms with E-state index in [2.05, 4.69) is 4.99 Å². The second-order valence-electron chi connectivity index (χ2n) is 6.62. The Morgan fingerprint density at radius 3 is 2.22 bits per heavy atom. The van der Waals surface area contributed by atoms with E-state index >= 15 is 0 Å². The molecule has 0 aromatic heterocycles. The Bertz CT molecular complexity index is 764. The van der Waals surface area contributed by atoms with E-state index in [9.17, 15) is 8.78 Å². The molecule has 0 N–H and O–H groups in total. The Morgan fingerprint density at radius 2 is 1.56 bits per heavy atom. The molecule has 1 saturated carbocycles. The maximum Gasteiger partial charge on any atom is 0.123 e. The fourth-order valence-electron chi connectivity index (χ4n) is 3.00. The lowest BCUT2D eigenvalue weighted by atomic mass is 9.91. The molecule has 1 aliphatic carbocycles. The van der Waals surface area contributed by atoms with Gasteiger partial charge in [0.2, 0.25) is 0 Å². The molecule has 0 bridgehead atoms. The van der Waals surface area contributed by atoms with Crippen LogP contribution in [0, 0.1) is 17.6 Å². The van der Waals surface area contributed by atoms with E-state index in [1.807, 2.05) is 11.5 Å². The summed E-state index contributed by atoms with van der Waals surface area (Å²) in [5.74, 6) is 1.32. The predicted octanol–water partition coefficient (Wildman–Crippen LogP) is 7.61. The molecule has 0 aliphatic heterocycles. The fraction of sp³-hybridized carbons (Fsp3) is 0.318. The van der Waals surface area contributed by atoms with Crippen LogP contribution >= 0.6 is 23.5 Å². The van der Waals surface area contributed by atoms with Crippen LogP contribution in [0.4, 0.5) is 14.5 Å². The molecule has 2 aromatic rings.